The summed E-state index contributed by atoms with van der Waals surface area (Å²) in [5.74, 6) is -0.258. The van der Waals surface area contributed by atoms with E-state index in [1.165, 1.54) is 6.07 Å². The van der Waals surface area contributed by atoms with E-state index in [2.05, 4.69) is 26.0 Å². The van der Waals surface area contributed by atoms with Crippen molar-refractivity contribution in [1.82, 2.24) is 0 Å². The first-order chi connectivity index (χ1) is 10.9. The van der Waals surface area contributed by atoms with Crippen molar-refractivity contribution in [2.45, 2.75) is 13.3 Å². The Bertz CT molecular complexity index is 789. The standard InChI is InChI=1S/C16H17BrN2O3S/c1-2-10-23(21,22)19-15-5-3-4-12(11-15)16(20)18-14-8-6-13(17)7-9-14/h3-9,11,19H,2,10H2,1H3,(H,18,20). The maximum absolute atomic E-state index is 12.2. The van der Waals surface area contributed by atoms with Crippen molar-refractivity contribution in [1.29, 1.82) is 0 Å². The lowest BCUT2D eigenvalue weighted by atomic mass is 10.2. The first-order valence-electron chi connectivity index (χ1n) is 7.07. The first-order valence-corrected chi connectivity index (χ1v) is 9.51. The summed E-state index contributed by atoms with van der Waals surface area (Å²) in [4.78, 5) is 12.2. The van der Waals surface area contributed by atoms with E-state index in [1.54, 1.807) is 37.3 Å². The zero-order valence-electron chi connectivity index (χ0n) is 12.5. The van der Waals surface area contributed by atoms with Crippen LogP contribution in [0.5, 0.6) is 0 Å². The molecule has 0 radical (unpaired) electrons. The number of hydrogen-bond donors (Lipinski definition) is 2. The average Bonchev–Trinajstić information content (AvgIpc) is 2.49. The normalized spacial score (nSPS) is 11.0. The average molecular weight is 397 g/mol. The molecule has 2 N–H and O–H groups in total. The van der Waals surface area contributed by atoms with Crippen LogP contribution in [-0.4, -0.2) is 20.1 Å². The molecule has 0 bridgehead atoms. The lowest BCUT2D eigenvalue weighted by Gasteiger charge is -2.09. The highest BCUT2D eigenvalue weighted by Crippen LogP contribution is 2.17. The summed E-state index contributed by atoms with van der Waals surface area (Å²) in [6.45, 7) is 1.79. The molecule has 23 heavy (non-hydrogen) atoms. The van der Waals surface area contributed by atoms with Crippen molar-refractivity contribution in [3.63, 3.8) is 0 Å². The van der Waals surface area contributed by atoms with Crippen LogP contribution in [0.3, 0.4) is 0 Å². The minimum absolute atomic E-state index is 0.0440. The molecule has 2 aromatic carbocycles. The number of anilines is 2. The van der Waals surface area contributed by atoms with Gasteiger partial charge in [0.1, 0.15) is 0 Å². The molecular formula is C16H17BrN2O3S. The molecule has 0 atom stereocenters. The van der Waals surface area contributed by atoms with E-state index in [4.69, 9.17) is 0 Å². The second-order valence-electron chi connectivity index (χ2n) is 4.96. The highest BCUT2D eigenvalue weighted by Gasteiger charge is 2.11. The van der Waals surface area contributed by atoms with Crippen LogP contribution in [0.1, 0.15) is 23.7 Å². The van der Waals surface area contributed by atoms with Gasteiger partial charge < -0.3 is 5.32 Å². The summed E-state index contributed by atoms with van der Waals surface area (Å²) in [5.41, 5.74) is 1.42. The van der Waals surface area contributed by atoms with Gasteiger partial charge in [-0.25, -0.2) is 8.42 Å². The number of amides is 1. The largest absolute Gasteiger partial charge is 0.322 e. The molecule has 0 unspecified atom stereocenters. The van der Waals surface area contributed by atoms with Crippen LogP contribution in [0.4, 0.5) is 11.4 Å². The third kappa shape index (κ3) is 5.37. The van der Waals surface area contributed by atoms with E-state index >= 15 is 0 Å². The minimum Gasteiger partial charge on any atom is -0.322 e. The number of rotatable bonds is 6. The fraction of sp³-hybridized carbons (Fsp3) is 0.188. The summed E-state index contributed by atoms with van der Waals surface area (Å²) in [6, 6.07) is 13.6. The Labute approximate surface area is 144 Å². The predicted octanol–water partition coefficient (Wildman–Crippen LogP) is 3.85. The molecule has 2 aromatic rings. The third-order valence-corrected chi connectivity index (χ3v) is 4.99. The lowest BCUT2D eigenvalue weighted by molar-refractivity contribution is 0.102. The van der Waals surface area contributed by atoms with E-state index in [9.17, 15) is 13.2 Å². The number of hydrogen-bond acceptors (Lipinski definition) is 3. The van der Waals surface area contributed by atoms with Crippen LogP contribution >= 0.6 is 15.9 Å². The van der Waals surface area contributed by atoms with Gasteiger partial charge in [0.05, 0.1) is 5.75 Å². The Balaban J connectivity index is 2.12. The van der Waals surface area contributed by atoms with Crippen LogP contribution in [0.15, 0.2) is 53.0 Å². The van der Waals surface area contributed by atoms with Crippen molar-refractivity contribution in [2.75, 3.05) is 15.8 Å². The van der Waals surface area contributed by atoms with Crippen molar-refractivity contribution in [2.24, 2.45) is 0 Å². The molecule has 2 rings (SSSR count). The van der Waals surface area contributed by atoms with Gasteiger partial charge in [-0.2, -0.15) is 0 Å². The summed E-state index contributed by atoms with van der Waals surface area (Å²) < 4.78 is 27.0. The minimum atomic E-state index is -3.38. The Hall–Kier alpha value is -1.86. The van der Waals surface area contributed by atoms with E-state index < -0.39 is 10.0 Å². The molecule has 0 aliphatic carbocycles. The van der Waals surface area contributed by atoms with E-state index in [-0.39, 0.29) is 11.7 Å². The molecule has 0 saturated carbocycles. The Morgan fingerprint density at radius 3 is 2.43 bits per heavy atom. The highest BCUT2D eigenvalue weighted by atomic mass is 79.9. The summed E-state index contributed by atoms with van der Waals surface area (Å²) in [7, 11) is -3.38. The quantitative estimate of drug-likeness (QED) is 0.778. The highest BCUT2D eigenvalue weighted by molar-refractivity contribution is 9.10. The Kier molecular flexibility index (Phi) is 5.79. The van der Waals surface area contributed by atoms with Crippen LogP contribution < -0.4 is 10.0 Å². The zero-order chi connectivity index (χ0) is 16.9. The van der Waals surface area contributed by atoms with E-state index in [1.807, 2.05) is 12.1 Å². The molecule has 0 heterocycles. The first kappa shape index (κ1) is 17.5. The maximum Gasteiger partial charge on any atom is 0.255 e. The van der Waals surface area contributed by atoms with Gasteiger partial charge in [-0.1, -0.05) is 28.9 Å². The topological polar surface area (TPSA) is 75.3 Å². The van der Waals surface area contributed by atoms with Gasteiger partial charge >= 0.3 is 0 Å². The molecular weight excluding hydrogens is 380 g/mol. The monoisotopic (exact) mass is 396 g/mol. The molecule has 122 valence electrons. The summed E-state index contributed by atoms with van der Waals surface area (Å²) in [5, 5.41) is 2.76. The second-order valence-corrected chi connectivity index (χ2v) is 7.72. The summed E-state index contributed by atoms with van der Waals surface area (Å²) in [6.07, 6.45) is 0.527. The van der Waals surface area contributed by atoms with Crippen molar-refractivity contribution < 1.29 is 13.2 Å². The van der Waals surface area contributed by atoms with Crippen molar-refractivity contribution >= 4 is 43.2 Å². The molecule has 5 nitrogen and oxygen atoms in total. The van der Waals surface area contributed by atoms with Gasteiger partial charge in [-0.15, -0.1) is 0 Å². The zero-order valence-corrected chi connectivity index (χ0v) is 14.9. The molecule has 0 aliphatic rings. The van der Waals surface area contributed by atoms with Crippen molar-refractivity contribution in [3.8, 4) is 0 Å². The van der Waals surface area contributed by atoms with Crippen LogP contribution in [0, 0.1) is 0 Å². The number of halogens is 1. The number of benzene rings is 2. The molecule has 0 fully saturated rings. The molecule has 7 heteroatoms. The number of nitrogens with one attached hydrogen (secondary N) is 2. The molecule has 0 aliphatic heterocycles. The molecule has 0 aromatic heterocycles. The third-order valence-electron chi connectivity index (χ3n) is 2.97. The van der Waals surface area contributed by atoms with Gasteiger partial charge in [-0.05, 0) is 48.9 Å². The Morgan fingerprint density at radius 1 is 1.09 bits per heavy atom. The van der Waals surface area contributed by atoms with Gasteiger partial charge in [0.15, 0.2) is 0 Å². The number of sulfonamides is 1. The van der Waals surface area contributed by atoms with Crippen LogP contribution in [-0.2, 0) is 10.0 Å². The summed E-state index contributed by atoms with van der Waals surface area (Å²) >= 11 is 3.33. The number of carbonyl (C=O) groups excluding carboxylic acids is 1. The van der Waals surface area contributed by atoms with Gasteiger partial charge in [0, 0.05) is 21.4 Å². The van der Waals surface area contributed by atoms with Crippen LogP contribution in [0.2, 0.25) is 0 Å². The maximum atomic E-state index is 12.2. The predicted molar refractivity (Wildman–Crippen MR) is 96.2 cm³/mol. The number of carbonyl (C=O) groups is 1. The Morgan fingerprint density at radius 2 is 1.78 bits per heavy atom. The van der Waals surface area contributed by atoms with Gasteiger partial charge in [0.2, 0.25) is 10.0 Å². The van der Waals surface area contributed by atoms with Crippen LogP contribution in [0.25, 0.3) is 0 Å². The second kappa shape index (κ2) is 7.61. The van der Waals surface area contributed by atoms with E-state index in [0.29, 0.717) is 23.4 Å². The van der Waals surface area contributed by atoms with Gasteiger partial charge in [-0.3, -0.25) is 9.52 Å². The lowest BCUT2D eigenvalue weighted by Crippen LogP contribution is -2.17. The molecule has 0 spiro atoms. The fourth-order valence-corrected chi connectivity index (χ4v) is 3.35. The van der Waals surface area contributed by atoms with E-state index in [0.717, 1.165) is 4.47 Å². The fourth-order valence-electron chi connectivity index (χ4n) is 1.96. The molecule has 0 saturated heterocycles. The smallest absolute Gasteiger partial charge is 0.255 e. The SMILES string of the molecule is CCCS(=O)(=O)Nc1cccc(C(=O)Nc2ccc(Br)cc2)c1. The van der Waals surface area contributed by atoms with Gasteiger partial charge in [0.25, 0.3) is 5.91 Å². The molecule has 1 amide bonds. The van der Waals surface area contributed by atoms with Crippen molar-refractivity contribution in [3.05, 3.63) is 58.6 Å².